The van der Waals surface area contributed by atoms with E-state index in [0.717, 1.165) is 10.2 Å². The summed E-state index contributed by atoms with van der Waals surface area (Å²) in [5.74, 6) is 0.626. The number of amides is 2. The first-order valence-electron chi connectivity index (χ1n) is 7.62. The fraction of sp³-hybridized carbons (Fsp3) is 0.250. The standard InChI is InChI=1S/C16H15ClN4O3S2/c1-8-5-13(21-24-8)19-15(23)9(2)25-7-14(22)20-16-18-11-4-3-10(17)6-12(11)26-16/h3-6,9H,7H2,1-2H3,(H,18,20,22)(H,19,21,23)/t9-/m0/s1. The summed E-state index contributed by atoms with van der Waals surface area (Å²) < 4.78 is 5.79. The van der Waals surface area contributed by atoms with Crippen LogP contribution >= 0.6 is 34.7 Å². The Balaban J connectivity index is 1.50. The third-order valence-electron chi connectivity index (χ3n) is 3.31. The smallest absolute Gasteiger partial charge is 0.238 e. The van der Waals surface area contributed by atoms with Crippen LogP contribution in [-0.2, 0) is 9.59 Å². The quantitative estimate of drug-likeness (QED) is 0.638. The molecule has 0 spiro atoms. The largest absolute Gasteiger partial charge is 0.360 e. The molecule has 26 heavy (non-hydrogen) atoms. The zero-order valence-electron chi connectivity index (χ0n) is 13.9. The van der Waals surface area contributed by atoms with Gasteiger partial charge in [0.05, 0.1) is 21.2 Å². The lowest BCUT2D eigenvalue weighted by atomic mass is 10.3. The maximum Gasteiger partial charge on any atom is 0.238 e. The maximum atomic E-state index is 12.1. The van der Waals surface area contributed by atoms with E-state index in [1.807, 2.05) is 0 Å². The molecule has 0 fully saturated rings. The Morgan fingerprint density at radius 2 is 2.15 bits per heavy atom. The van der Waals surface area contributed by atoms with Gasteiger partial charge >= 0.3 is 0 Å². The van der Waals surface area contributed by atoms with E-state index in [2.05, 4.69) is 20.8 Å². The van der Waals surface area contributed by atoms with Gasteiger partial charge in [-0.1, -0.05) is 28.1 Å². The number of thiazole rings is 1. The van der Waals surface area contributed by atoms with Crippen molar-refractivity contribution in [3.8, 4) is 0 Å². The number of rotatable bonds is 6. The number of benzene rings is 1. The van der Waals surface area contributed by atoms with Crippen molar-refractivity contribution < 1.29 is 14.1 Å². The zero-order valence-corrected chi connectivity index (χ0v) is 16.3. The van der Waals surface area contributed by atoms with E-state index in [-0.39, 0.29) is 17.6 Å². The van der Waals surface area contributed by atoms with Crippen molar-refractivity contribution in [3.63, 3.8) is 0 Å². The van der Waals surface area contributed by atoms with Gasteiger partial charge in [-0.15, -0.1) is 11.8 Å². The minimum absolute atomic E-state index is 0.128. The molecule has 3 rings (SSSR count). The number of hydrogen-bond acceptors (Lipinski definition) is 7. The van der Waals surface area contributed by atoms with Crippen LogP contribution in [0.3, 0.4) is 0 Å². The molecule has 1 atom stereocenters. The van der Waals surface area contributed by atoms with E-state index < -0.39 is 5.25 Å². The van der Waals surface area contributed by atoms with Crippen LogP contribution in [0.2, 0.25) is 5.02 Å². The highest BCUT2D eigenvalue weighted by Crippen LogP contribution is 2.28. The summed E-state index contributed by atoms with van der Waals surface area (Å²) in [6, 6.07) is 6.98. The summed E-state index contributed by atoms with van der Waals surface area (Å²) in [7, 11) is 0. The Kier molecular flexibility index (Phi) is 5.80. The number of aromatic nitrogens is 2. The van der Waals surface area contributed by atoms with Gasteiger partial charge in [-0.2, -0.15) is 0 Å². The van der Waals surface area contributed by atoms with Gasteiger partial charge in [0.2, 0.25) is 11.8 Å². The number of aryl methyl sites for hydroxylation is 1. The second-order valence-electron chi connectivity index (χ2n) is 5.44. The number of carbonyl (C=O) groups excluding carboxylic acids is 2. The molecule has 0 saturated heterocycles. The summed E-state index contributed by atoms with van der Waals surface area (Å²) >= 11 is 8.52. The SMILES string of the molecule is Cc1cc(NC(=O)[C@H](C)SCC(=O)Nc2nc3ccc(Cl)cc3s2)no1. The van der Waals surface area contributed by atoms with Crippen molar-refractivity contribution in [2.24, 2.45) is 0 Å². The van der Waals surface area contributed by atoms with Crippen molar-refractivity contribution >= 4 is 67.7 Å². The van der Waals surface area contributed by atoms with Crippen LogP contribution in [-0.4, -0.2) is 33.0 Å². The number of hydrogen-bond donors (Lipinski definition) is 2. The van der Waals surface area contributed by atoms with Gasteiger partial charge in [0.15, 0.2) is 10.9 Å². The van der Waals surface area contributed by atoms with Gasteiger partial charge in [-0.25, -0.2) is 4.98 Å². The molecule has 0 saturated carbocycles. The van der Waals surface area contributed by atoms with Gasteiger partial charge in [0, 0.05) is 11.1 Å². The highest BCUT2D eigenvalue weighted by molar-refractivity contribution is 8.01. The average molecular weight is 411 g/mol. The fourth-order valence-corrected chi connectivity index (χ4v) is 3.88. The lowest BCUT2D eigenvalue weighted by Crippen LogP contribution is -2.25. The number of halogens is 1. The first kappa shape index (κ1) is 18.7. The molecule has 2 aromatic heterocycles. The van der Waals surface area contributed by atoms with Crippen LogP contribution in [0, 0.1) is 6.92 Å². The molecule has 0 aliphatic heterocycles. The molecule has 0 unspecified atom stereocenters. The number of nitrogens with one attached hydrogen (secondary N) is 2. The van der Waals surface area contributed by atoms with E-state index in [9.17, 15) is 9.59 Å². The summed E-state index contributed by atoms with van der Waals surface area (Å²) in [5, 5.41) is 9.79. The topological polar surface area (TPSA) is 97.1 Å². The Hall–Kier alpha value is -2.10. The molecule has 3 aromatic rings. The Morgan fingerprint density at radius 3 is 2.88 bits per heavy atom. The third-order valence-corrected chi connectivity index (χ3v) is 5.62. The Labute approximate surface area is 162 Å². The average Bonchev–Trinajstić information content (AvgIpc) is 3.17. The number of nitrogens with zero attached hydrogens (tertiary/aromatic N) is 2. The van der Waals surface area contributed by atoms with Gasteiger partial charge in [-0.3, -0.25) is 9.59 Å². The Morgan fingerprint density at radius 1 is 1.35 bits per heavy atom. The highest BCUT2D eigenvalue weighted by Gasteiger charge is 2.17. The summed E-state index contributed by atoms with van der Waals surface area (Å²) in [5.41, 5.74) is 0.776. The molecule has 10 heteroatoms. The molecule has 0 bridgehead atoms. The van der Waals surface area contributed by atoms with Gasteiger partial charge in [0.25, 0.3) is 0 Å². The first-order valence-corrected chi connectivity index (χ1v) is 9.87. The number of carbonyl (C=O) groups is 2. The molecule has 0 radical (unpaired) electrons. The second-order valence-corrected chi connectivity index (χ2v) is 8.24. The molecule has 0 aliphatic rings. The minimum atomic E-state index is -0.424. The lowest BCUT2D eigenvalue weighted by molar-refractivity contribution is -0.115. The summed E-state index contributed by atoms with van der Waals surface area (Å²) in [4.78, 5) is 28.5. The molecule has 136 valence electrons. The monoisotopic (exact) mass is 410 g/mol. The van der Waals surface area contributed by atoms with E-state index >= 15 is 0 Å². The molecule has 2 heterocycles. The molecular formula is C16H15ClN4O3S2. The molecule has 7 nitrogen and oxygen atoms in total. The van der Waals surface area contributed by atoms with Crippen molar-refractivity contribution in [2.75, 3.05) is 16.4 Å². The van der Waals surface area contributed by atoms with Crippen LogP contribution < -0.4 is 10.6 Å². The fourth-order valence-electron chi connectivity index (χ4n) is 2.04. The van der Waals surface area contributed by atoms with Crippen LogP contribution in [0.1, 0.15) is 12.7 Å². The van der Waals surface area contributed by atoms with Gasteiger partial charge in [-0.05, 0) is 32.0 Å². The third kappa shape index (κ3) is 4.75. The second kappa shape index (κ2) is 8.07. The summed E-state index contributed by atoms with van der Waals surface area (Å²) in [6.07, 6.45) is 0. The predicted octanol–water partition coefficient (Wildman–Crippen LogP) is 3.95. The lowest BCUT2D eigenvalue weighted by Gasteiger charge is -2.09. The van der Waals surface area contributed by atoms with Crippen molar-refractivity contribution in [1.29, 1.82) is 0 Å². The van der Waals surface area contributed by atoms with E-state index in [1.54, 1.807) is 38.1 Å². The molecule has 1 aromatic carbocycles. The van der Waals surface area contributed by atoms with Crippen LogP contribution in [0.15, 0.2) is 28.8 Å². The van der Waals surface area contributed by atoms with E-state index in [1.165, 1.54) is 23.1 Å². The van der Waals surface area contributed by atoms with Crippen LogP contribution in [0.5, 0.6) is 0 Å². The van der Waals surface area contributed by atoms with Crippen molar-refractivity contribution in [1.82, 2.24) is 10.1 Å². The van der Waals surface area contributed by atoms with Crippen molar-refractivity contribution in [2.45, 2.75) is 19.1 Å². The molecule has 2 amide bonds. The van der Waals surface area contributed by atoms with Gasteiger partial charge in [0.1, 0.15) is 5.76 Å². The van der Waals surface area contributed by atoms with E-state index in [0.29, 0.717) is 21.7 Å². The van der Waals surface area contributed by atoms with Crippen molar-refractivity contribution in [3.05, 3.63) is 35.0 Å². The molecule has 0 aliphatic carbocycles. The maximum absolute atomic E-state index is 12.1. The normalized spacial score (nSPS) is 12.1. The Bertz CT molecular complexity index is 956. The molecule has 2 N–H and O–H groups in total. The molecular weight excluding hydrogens is 396 g/mol. The predicted molar refractivity (Wildman–Crippen MR) is 105 cm³/mol. The zero-order chi connectivity index (χ0) is 18.7. The number of fused-ring (bicyclic) bond motifs is 1. The highest BCUT2D eigenvalue weighted by atomic mass is 35.5. The van der Waals surface area contributed by atoms with Crippen LogP contribution in [0.25, 0.3) is 10.2 Å². The number of anilines is 2. The van der Waals surface area contributed by atoms with E-state index in [4.69, 9.17) is 16.1 Å². The first-order chi connectivity index (χ1) is 12.4. The minimum Gasteiger partial charge on any atom is -0.360 e. The summed E-state index contributed by atoms with van der Waals surface area (Å²) in [6.45, 7) is 3.46. The number of thioether (sulfide) groups is 1. The van der Waals surface area contributed by atoms with Gasteiger partial charge < -0.3 is 15.2 Å². The van der Waals surface area contributed by atoms with Crippen LogP contribution in [0.4, 0.5) is 10.9 Å².